The highest BCUT2D eigenvalue weighted by atomic mass is 35.5. The molecule has 1 unspecified atom stereocenters. The van der Waals surface area contributed by atoms with Gasteiger partial charge in [0.15, 0.2) is 0 Å². The van der Waals surface area contributed by atoms with E-state index in [1.807, 2.05) is 6.07 Å². The van der Waals surface area contributed by atoms with Crippen LogP contribution in [-0.4, -0.2) is 0 Å². The molecule has 0 fully saturated rings. The first-order chi connectivity index (χ1) is 7.12. The topological polar surface area (TPSA) is 0 Å². The van der Waals surface area contributed by atoms with Crippen LogP contribution in [0.25, 0.3) is 0 Å². The van der Waals surface area contributed by atoms with Gasteiger partial charge in [-0.05, 0) is 36.0 Å². The molecule has 0 N–H and O–H groups in total. The van der Waals surface area contributed by atoms with Crippen molar-refractivity contribution in [3.05, 3.63) is 34.9 Å². The predicted octanol–water partition coefficient (Wildman–Crippen LogP) is 5.20. The van der Waals surface area contributed by atoms with E-state index in [2.05, 4.69) is 39.0 Å². The van der Waals surface area contributed by atoms with Gasteiger partial charge in [-0.3, -0.25) is 0 Å². The zero-order valence-electron chi connectivity index (χ0n) is 10.0. The molecule has 1 atom stereocenters. The molecule has 0 radical (unpaired) electrons. The van der Waals surface area contributed by atoms with Crippen molar-refractivity contribution in [3.63, 3.8) is 0 Å². The van der Waals surface area contributed by atoms with E-state index >= 15 is 0 Å². The van der Waals surface area contributed by atoms with Crippen LogP contribution in [0.1, 0.15) is 52.0 Å². The van der Waals surface area contributed by atoms with Crippen LogP contribution in [0.5, 0.6) is 0 Å². The molecule has 0 aliphatic heterocycles. The van der Waals surface area contributed by atoms with Crippen LogP contribution in [0.2, 0.25) is 5.02 Å². The van der Waals surface area contributed by atoms with Gasteiger partial charge in [0.05, 0.1) is 0 Å². The van der Waals surface area contributed by atoms with Gasteiger partial charge in [-0.25, -0.2) is 0 Å². The second kappa shape index (κ2) is 5.55. The van der Waals surface area contributed by atoms with Gasteiger partial charge in [-0.1, -0.05) is 57.3 Å². The minimum absolute atomic E-state index is 0.293. The van der Waals surface area contributed by atoms with Gasteiger partial charge < -0.3 is 0 Å². The van der Waals surface area contributed by atoms with Gasteiger partial charge >= 0.3 is 0 Å². The van der Waals surface area contributed by atoms with E-state index in [1.54, 1.807) is 0 Å². The number of halogens is 1. The molecule has 0 amide bonds. The van der Waals surface area contributed by atoms with E-state index < -0.39 is 0 Å². The molecule has 1 aromatic carbocycles. The van der Waals surface area contributed by atoms with Gasteiger partial charge in [0.2, 0.25) is 0 Å². The molecule has 0 aromatic heterocycles. The average molecular weight is 225 g/mol. The Bertz CT molecular complexity index is 306. The summed E-state index contributed by atoms with van der Waals surface area (Å²) in [5, 5.41) is 0.851. The van der Waals surface area contributed by atoms with E-state index in [9.17, 15) is 0 Å². The Morgan fingerprint density at radius 3 is 2.53 bits per heavy atom. The number of benzene rings is 1. The van der Waals surface area contributed by atoms with E-state index in [1.165, 1.54) is 31.2 Å². The van der Waals surface area contributed by atoms with Crippen LogP contribution >= 0.6 is 11.6 Å². The smallest absolute Gasteiger partial charge is 0.0408 e. The first kappa shape index (κ1) is 12.6. The largest absolute Gasteiger partial charge is 0.0843 e. The van der Waals surface area contributed by atoms with Crippen molar-refractivity contribution in [1.29, 1.82) is 0 Å². The lowest BCUT2D eigenvalue weighted by Crippen LogP contribution is -2.20. The molecule has 0 aliphatic rings. The first-order valence-corrected chi connectivity index (χ1v) is 6.26. The summed E-state index contributed by atoms with van der Waals surface area (Å²) < 4.78 is 0. The molecule has 0 aliphatic carbocycles. The molecule has 0 heterocycles. The van der Waals surface area contributed by atoms with E-state index in [0.29, 0.717) is 5.41 Å². The molecule has 84 valence electrons. The number of hydrogen-bond acceptors (Lipinski definition) is 0. The number of hydrogen-bond donors (Lipinski definition) is 0. The van der Waals surface area contributed by atoms with E-state index in [4.69, 9.17) is 11.6 Å². The molecule has 15 heavy (non-hydrogen) atoms. The highest BCUT2D eigenvalue weighted by Gasteiger charge is 2.23. The minimum atomic E-state index is 0.293. The van der Waals surface area contributed by atoms with Gasteiger partial charge in [0, 0.05) is 5.02 Å². The fraction of sp³-hybridized carbons (Fsp3) is 0.571. The van der Waals surface area contributed by atoms with Crippen molar-refractivity contribution in [1.82, 2.24) is 0 Å². The lowest BCUT2D eigenvalue weighted by Gasteiger charge is -2.29. The Morgan fingerprint density at radius 2 is 2.00 bits per heavy atom. The van der Waals surface area contributed by atoms with E-state index in [-0.39, 0.29) is 0 Å². The third kappa shape index (κ3) is 3.24. The Labute approximate surface area is 98.7 Å². The van der Waals surface area contributed by atoms with Crippen molar-refractivity contribution in [2.45, 2.75) is 51.9 Å². The molecular formula is C14H21Cl. The summed E-state index contributed by atoms with van der Waals surface area (Å²) in [5.74, 6) is 0. The summed E-state index contributed by atoms with van der Waals surface area (Å²) >= 11 is 6.04. The number of unbranched alkanes of at least 4 members (excludes halogenated alkanes) is 1. The van der Waals surface area contributed by atoms with Crippen molar-refractivity contribution in [2.75, 3.05) is 0 Å². The highest BCUT2D eigenvalue weighted by Crippen LogP contribution is 2.33. The molecule has 1 heteroatoms. The van der Waals surface area contributed by atoms with Crippen LogP contribution in [0, 0.1) is 0 Å². The van der Waals surface area contributed by atoms with Gasteiger partial charge in [0.25, 0.3) is 0 Å². The van der Waals surface area contributed by atoms with Gasteiger partial charge in [-0.15, -0.1) is 0 Å². The zero-order chi connectivity index (χ0) is 11.3. The molecular weight excluding hydrogens is 204 g/mol. The highest BCUT2D eigenvalue weighted by molar-refractivity contribution is 6.30. The molecule has 1 aromatic rings. The second-order valence-corrected chi connectivity index (χ2v) is 4.96. The lowest BCUT2D eigenvalue weighted by atomic mass is 9.76. The van der Waals surface area contributed by atoms with Gasteiger partial charge in [0.1, 0.15) is 0 Å². The van der Waals surface area contributed by atoms with E-state index in [0.717, 1.165) is 5.02 Å². The monoisotopic (exact) mass is 224 g/mol. The third-order valence-electron chi connectivity index (χ3n) is 3.38. The normalized spacial score (nSPS) is 14.9. The first-order valence-electron chi connectivity index (χ1n) is 5.88. The van der Waals surface area contributed by atoms with Crippen molar-refractivity contribution in [3.8, 4) is 0 Å². The fourth-order valence-corrected chi connectivity index (χ4v) is 2.15. The number of rotatable bonds is 5. The third-order valence-corrected chi connectivity index (χ3v) is 3.62. The molecule has 0 saturated carbocycles. The summed E-state index contributed by atoms with van der Waals surface area (Å²) in [4.78, 5) is 0. The minimum Gasteiger partial charge on any atom is -0.0843 e. The quantitative estimate of drug-likeness (QED) is 0.645. The van der Waals surface area contributed by atoms with Crippen molar-refractivity contribution in [2.24, 2.45) is 0 Å². The Kier molecular flexibility index (Phi) is 4.66. The van der Waals surface area contributed by atoms with Crippen LogP contribution in [0.3, 0.4) is 0 Å². The Hall–Kier alpha value is -0.490. The molecule has 0 saturated heterocycles. The van der Waals surface area contributed by atoms with Gasteiger partial charge in [-0.2, -0.15) is 0 Å². The van der Waals surface area contributed by atoms with Crippen molar-refractivity contribution >= 4 is 11.6 Å². The zero-order valence-corrected chi connectivity index (χ0v) is 10.8. The standard InChI is InChI=1S/C14H21Cl/c1-4-6-10-14(3,5-2)12-8-7-9-13(15)11-12/h7-9,11H,4-6,10H2,1-3H3. The average Bonchev–Trinajstić information content (AvgIpc) is 2.26. The molecule has 0 spiro atoms. The van der Waals surface area contributed by atoms with Crippen LogP contribution in [-0.2, 0) is 5.41 Å². The Morgan fingerprint density at radius 1 is 1.27 bits per heavy atom. The predicted molar refractivity (Wildman–Crippen MR) is 68.6 cm³/mol. The summed E-state index contributed by atoms with van der Waals surface area (Å²) in [5.41, 5.74) is 1.67. The van der Waals surface area contributed by atoms with Crippen LogP contribution in [0.15, 0.2) is 24.3 Å². The maximum absolute atomic E-state index is 6.04. The Balaban J connectivity index is 2.89. The SMILES string of the molecule is CCCCC(C)(CC)c1cccc(Cl)c1. The summed E-state index contributed by atoms with van der Waals surface area (Å²) in [7, 11) is 0. The molecule has 0 bridgehead atoms. The maximum atomic E-state index is 6.04. The van der Waals surface area contributed by atoms with Crippen LogP contribution in [0.4, 0.5) is 0 Å². The second-order valence-electron chi connectivity index (χ2n) is 4.53. The lowest BCUT2D eigenvalue weighted by molar-refractivity contribution is 0.403. The summed E-state index contributed by atoms with van der Waals surface area (Å²) in [6, 6.07) is 8.31. The fourth-order valence-electron chi connectivity index (χ4n) is 1.96. The maximum Gasteiger partial charge on any atom is 0.0408 e. The summed E-state index contributed by atoms with van der Waals surface area (Å²) in [6.45, 7) is 6.85. The van der Waals surface area contributed by atoms with Crippen LogP contribution < -0.4 is 0 Å². The van der Waals surface area contributed by atoms with Crippen molar-refractivity contribution < 1.29 is 0 Å². The molecule has 1 rings (SSSR count). The summed E-state index contributed by atoms with van der Waals surface area (Å²) in [6.07, 6.45) is 4.97. The molecule has 0 nitrogen and oxygen atoms in total.